The normalized spacial score (nSPS) is 17.3. The van der Waals surface area contributed by atoms with Crippen molar-refractivity contribution >= 4 is 22.8 Å². The topological polar surface area (TPSA) is 87.5 Å². The predicted octanol–water partition coefficient (Wildman–Crippen LogP) is 3.63. The Balaban J connectivity index is 1.99. The zero-order valence-electron chi connectivity index (χ0n) is 19.8. The predicted molar refractivity (Wildman–Crippen MR) is 122 cm³/mol. The number of β-amino-alcohol motifs (C(OH)–C–C–N with tert-alkyl or cyclic N) is 1. The molecule has 38 heavy (non-hydrogen) atoms. The van der Waals surface area contributed by atoms with Crippen LogP contribution in [-0.2, 0) is 0 Å². The Morgan fingerprint density at radius 2 is 1.84 bits per heavy atom. The van der Waals surface area contributed by atoms with Crippen molar-refractivity contribution in [2.24, 2.45) is 0 Å². The number of hydrogen-bond acceptors (Lipinski definition) is 5. The smallest absolute Gasteiger partial charge is 0.261 e. The van der Waals surface area contributed by atoms with E-state index < -0.39 is 88.1 Å². The number of alkyl halides is 3. The molecule has 3 heterocycles. The maximum Gasteiger partial charge on any atom is 0.261 e. The fourth-order valence-corrected chi connectivity index (χ4v) is 4.22. The van der Waals surface area contributed by atoms with E-state index in [9.17, 15) is 41.0 Å². The highest BCUT2D eigenvalue weighted by atomic mass is 19.3. The van der Waals surface area contributed by atoms with Gasteiger partial charge in [-0.15, -0.1) is 0 Å². The van der Waals surface area contributed by atoms with Gasteiger partial charge in [-0.1, -0.05) is 0 Å². The third-order valence-electron chi connectivity index (χ3n) is 6.34. The number of hydrogen-bond donors (Lipinski definition) is 2. The van der Waals surface area contributed by atoms with Crippen molar-refractivity contribution < 1.29 is 40.6 Å². The van der Waals surface area contributed by atoms with Crippen LogP contribution in [0.2, 0.25) is 0 Å². The van der Waals surface area contributed by atoms with E-state index in [1.54, 1.807) is 0 Å². The number of halogens is 7. The summed E-state index contributed by atoms with van der Waals surface area (Å²) in [7, 11) is 0. The van der Waals surface area contributed by atoms with Crippen molar-refractivity contribution in [3.63, 3.8) is 0 Å². The summed E-state index contributed by atoms with van der Waals surface area (Å²) < 4.78 is 98.9. The number of aromatic nitrogens is 2. The second-order valence-electron chi connectivity index (χ2n) is 9.12. The summed E-state index contributed by atoms with van der Waals surface area (Å²) in [6.45, 7) is -0.258. The van der Waals surface area contributed by atoms with E-state index >= 15 is 4.39 Å². The second kappa shape index (κ2) is 10.2. The van der Waals surface area contributed by atoms with Crippen molar-refractivity contribution in [1.82, 2.24) is 14.9 Å². The number of rotatable bonds is 7. The number of carbonyl (C=O) groups is 1. The van der Waals surface area contributed by atoms with E-state index in [4.69, 9.17) is 0 Å². The van der Waals surface area contributed by atoms with E-state index in [1.807, 2.05) is 5.32 Å². The minimum Gasteiger partial charge on any atom is -0.391 e. The quantitative estimate of drug-likeness (QED) is 0.442. The molecule has 4 rings (SSSR count). The lowest BCUT2D eigenvalue weighted by Gasteiger charge is -2.29. The number of benzene rings is 1. The number of nitrogens with zero attached hydrogens (tertiary/aromatic N) is 3. The van der Waals surface area contributed by atoms with Gasteiger partial charge in [-0.3, -0.25) is 18.5 Å². The molecule has 1 aliphatic heterocycles. The number of anilines is 1. The van der Waals surface area contributed by atoms with Crippen LogP contribution in [0.4, 0.5) is 36.6 Å². The fourth-order valence-electron chi connectivity index (χ4n) is 4.22. The Morgan fingerprint density at radius 1 is 1.18 bits per heavy atom. The van der Waals surface area contributed by atoms with Gasteiger partial charge in [-0.2, -0.15) is 0 Å². The van der Waals surface area contributed by atoms with Crippen molar-refractivity contribution in [1.29, 1.82) is 0 Å². The lowest BCUT2D eigenvalue weighted by Crippen LogP contribution is -2.52. The molecule has 0 radical (unpaired) electrons. The fraction of sp³-hybridized carbons (Fsp3) is 0.375. The highest BCUT2D eigenvalue weighted by Crippen LogP contribution is 2.28. The number of pyridine rings is 2. The van der Waals surface area contributed by atoms with Gasteiger partial charge in [0.25, 0.3) is 12.3 Å². The summed E-state index contributed by atoms with van der Waals surface area (Å²) in [6.07, 6.45) is -4.00. The Kier molecular flexibility index (Phi) is 7.37. The van der Waals surface area contributed by atoms with Crippen molar-refractivity contribution in [2.75, 3.05) is 24.7 Å². The third-order valence-corrected chi connectivity index (χ3v) is 6.34. The average Bonchev–Trinajstić information content (AvgIpc) is 3.25. The molecule has 0 spiro atoms. The van der Waals surface area contributed by atoms with Gasteiger partial charge in [0.2, 0.25) is 5.43 Å². The molecule has 1 fully saturated rings. The Bertz CT molecular complexity index is 1440. The first-order valence-corrected chi connectivity index (χ1v) is 11.4. The number of aliphatic hydroxyl groups excluding tert-OH is 1. The van der Waals surface area contributed by atoms with E-state index in [2.05, 4.69) is 4.98 Å². The molecule has 1 aromatic carbocycles. The second-order valence-corrected chi connectivity index (χ2v) is 9.12. The van der Waals surface area contributed by atoms with Crippen molar-refractivity contribution in [3.8, 4) is 5.69 Å². The van der Waals surface area contributed by atoms with E-state index in [-0.39, 0.29) is 25.3 Å². The first-order chi connectivity index (χ1) is 17.9. The lowest BCUT2D eigenvalue weighted by atomic mass is 9.98. The summed E-state index contributed by atoms with van der Waals surface area (Å²) in [5, 5.41) is 11.0. The number of carbonyl (C=O) groups excluding carboxylic acids is 1. The number of amides is 1. The molecule has 0 aliphatic carbocycles. The average molecular weight is 546 g/mol. The molecule has 204 valence electrons. The Hall–Kier alpha value is -3.68. The zero-order chi connectivity index (χ0) is 27.9. The van der Waals surface area contributed by atoms with Gasteiger partial charge in [0, 0.05) is 37.8 Å². The van der Waals surface area contributed by atoms with Gasteiger partial charge in [0.15, 0.2) is 28.9 Å². The molecule has 1 amide bonds. The minimum absolute atomic E-state index is 0.0276. The number of nitrogens with one attached hydrogen (secondary N) is 1. The minimum atomic E-state index is -3.26. The van der Waals surface area contributed by atoms with E-state index in [0.717, 1.165) is 6.92 Å². The van der Waals surface area contributed by atoms with Gasteiger partial charge < -0.3 is 15.3 Å². The van der Waals surface area contributed by atoms with Crippen LogP contribution in [-0.4, -0.2) is 58.4 Å². The molecule has 14 heteroatoms. The molecule has 2 aromatic heterocycles. The molecule has 0 saturated carbocycles. The highest BCUT2D eigenvalue weighted by molar-refractivity contribution is 5.97. The highest BCUT2D eigenvalue weighted by Gasteiger charge is 2.37. The molecule has 2 atom stereocenters. The maximum absolute atomic E-state index is 15.1. The molecular formula is C24H21F7N4O3. The van der Waals surface area contributed by atoms with Gasteiger partial charge in [0.1, 0.15) is 22.6 Å². The monoisotopic (exact) mass is 546 g/mol. The third kappa shape index (κ3) is 4.91. The van der Waals surface area contributed by atoms with Gasteiger partial charge in [-0.05, 0) is 19.4 Å². The van der Waals surface area contributed by atoms with Gasteiger partial charge in [0.05, 0.1) is 18.2 Å². The molecular weight excluding hydrogens is 525 g/mol. The van der Waals surface area contributed by atoms with Crippen LogP contribution < -0.4 is 15.6 Å². The molecule has 3 aromatic rings. The van der Waals surface area contributed by atoms with Gasteiger partial charge in [-0.25, -0.2) is 31.3 Å². The maximum atomic E-state index is 15.1. The number of aliphatic hydroxyl groups is 1. The Labute approximate surface area is 210 Å². The first-order valence-electron chi connectivity index (χ1n) is 11.4. The van der Waals surface area contributed by atoms with Crippen molar-refractivity contribution in [2.45, 2.75) is 37.8 Å². The standard InChI is InChI=1S/C24H21F7N4O3/c1-24(3-4-25,23(30)31)33-22(38)14-10-35(18-15(27)6-11(26)7-16(18)28)20-13(19(14)37)8-17(29)21(32-20)34-5-2-12(36)9-34/h6-8,10,12,23,36H,2-5,9H2,1H3,(H,33,38)/t12-,24?/m0/s1. The summed E-state index contributed by atoms with van der Waals surface area (Å²) in [6, 6.07) is 1.29. The molecule has 0 bridgehead atoms. The summed E-state index contributed by atoms with van der Waals surface area (Å²) in [5.41, 5.74) is -6.08. The van der Waals surface area contributed by atoms with Crippen LogP contribution in [0, 0.1) is 23.3 Å². The summed E-state index contributed by atoms with van der Waals surface area (Å²) >= 11 is 0. The van der Waals surface area contributed by atoms with Crippen LogP contribution in [0.1, 0.15) is 30.1 Å². The summed E-state index contributed by atoms with van der Waals surface area (Å²) in [4.78, 5) is 31.5. The molecule has 7 nitrogen and oxygen atoms in total. The van der Waals surface area contributed by atoms with Crippen LogP contribution in [0.5, 0.6) is 0 Å². The van der Waals surface area contributed by atoms with Gasteiger partial charge >= 0.3 is 0 Å². The molecule has 2 N–H and O–H groups in total. The molecule has 1 saturated heterocycles. The zero-order valence-corrected chi connectivity index (χ0v) is 19.8. The summed E-state index contributed by atoms with van der Waals surface area (Å²) in [5.74, 6) is -7.11. The van der Waals surface area contributed by atoms with Crippen LogP contribution in [0.15, 0.2) is 29.2 Å². The Morgan fingerprint density at radius 3 is 2.39 bits per heavy atom. The number of fused-ring (bicyclic) bond motifs is 1. The lowest BCUT2D eigenvalue weighted by molar-refractivity contribution is 0.0288. The van der Waals surface area contributed by atoms with Crippen LogP contribution >= 0.6 is 0 Å². The largest absolute Gasteiger partial charge is 0.391 e. The van der Waals surface area contributed by atoms with Crippen molar-refractivity contribution in [3.05, 3.63) is 63.5 Å². The van der Waals surface area contributed by atoms with Crippen LogP contribution in [0.25, 0.3) is 16.7 Å². The van der Waals surface area contributed by atoms with E-state index in [0.29, 0.717) is 29.0 Å². The van der Waals surface area contributed by atoms with Crippen LogP contribution in [0.3, 0.4) is 0 Å². The molecule has 1 aliphatic rings. The first kappa shape index (κ1) is 27.4. The SMILES string of the molecule is CC(CCF)(NC(=O)c1cn(-c2c(F)cc(F)cc2F)c2nc(N3CC[C@H](O)C3)c(F)cc2c1=O)C(F)F. The molecule has 1 unspecified atom stereocenters. The van der Waals surface area contributed by atoms with E-state index in [1.165, 1.54) is 4.90 Å².